The van der Waals surface area contributed by atoms with Crippen LogP contribution >= 0.6 is 0 Å². The number of hydrogen-bond acceptors (Lipinski definition) is 2. The van der Waals surface area contributed by atoms with Gasteiger partial charge in [-0.15, -0.1) is 0 Å². The first-order valence-corrected chi connectivity index (χ1v) is 6.62. The highest BCUT2D eigenvalue weighted by Gasteiger charge is 2.14. The van der Waals surface area contributed by atoms with E-state index in [0.717, 1.165) is 28.7 Å². The van der Waals surface area contributed by atoms with E-state index < -0.39 is 0 Å². The molecule has 100 valence electrons. The number of aromatic hydroxyl groups is 2. The van der Waals surface area contributed by atoms with E-state index in [0.29, 0.717) is 11.5 Å². The molecule has 0 heterocycles. The van der Waals surface area contributed by atoms with Crippen molar-refractivity contribution in [3.8, 4) is 11.5 Å². The van der Waals surface area contributed by atoms with Crippen LogP contribution in [-0.2, 0) is 0 Å². The Morgan fingerprint density at radius 1 is 0.842 bits per heavy atom. The molecule has 2 nitrogen and oxygen atoms in total. The maximum atomic E-state index is 9.84. The van der Waals surface area contributed by atoms with E-state index in [1.165, 1.54) is 0 Å². The van der Waals surface area contributed by atoms with Crippen molar-refractivity contribution in [3.63, 3.8) is 0 Å². The molecule has 0 aliphatic carbocycles. The van der Waals surface area contributed by atoms with Crippen molar-refractivity contribution in [1.29, 1.82) is 0 Å². The first-order chi connectivity index (χ1) is 9.02. The Morgan fingerprint density at radius 2 is 1.26 bits per heavy atom. The minimum Gasteiger partial charge on any atom is -0.508 e. The molecule has 0 spiro atoms. The van der Waals surface area contributed by atoms with Crippen molar-refractivity contribution in [2.24, 2.45) is 0 Å². The molecule has 0 saturated heterocycles. The summed E-state index contributed by atoms with van der Waals surface area (Å²) in [5.74, 6) is 0.845. The lowest BCUT2D eigenvalue weighted by molar-refractivity contribution is 0.468. The van der Waals surface area contributed by atoms with E-state index in [9.17, 15) is 10.2 Å². The lowest BCUT2D eigenvalue weighted by Crippen LogP contribution is -2.00. The fourth-order valence-corrected chi connectivity index (χ4v) is 2.35. The first kappa shape index (κ1) is 13.5. The van der Waals surface area contributed by atoms with Gasteiger partial charge in [0.15, 0.2) is 0 Å². The fraction of sp³-hybridized carbons (Fsp3) is 0.294. The maximum Gasteiger partial charge on any atom is 0.118 e. The normalized spacial score (nSPS) is 10.9. The molecule has 0 bridgehead atoms. The lowest BCUT2D eigenvalue weighted by Gasteiger charge is -2.17. The van der Waals surface area contributed by atoms with Gasteiger partial charge in [-0.3, -0.25) is 0 Å². The molecule has 0 aromatic heterocycles. The van der Waals surface area contributed by atoms with Crippen LogP contribution < -0.4 is 0 Å². The third-order valence-electron chi connectivity index (χ3n) is 3.68. The number of phenols is 2. The van der Waals surface area contributed by atoms with Crippen LogP contribution in [0.2, 0.25) is 0 Å². The van der Waals surface area contributed by atoms with Crippen molar-refractivity contribution in [1.82, 2.24) is 0 Å². The highest BCUT2D eigenvalue weighted by atomic mass is 16.3. The number of phenolic OH excluding ortho intramolecular Hbond substituents is 2. The molecule has 0 atom stereocenters. The minimum absolute atomic E-state index is 0.193. The molecular formula is C17H20O2. The molecule has 2 N–H and O–H groups in total. The lowest BCUT2D eigenvalue weighted by atomic mass is 9.88. The molecule has 2 rings (SSSR count). The van der Waals surface area contributed by atoms with Crippen LogP contribution in [0.4, 0.5) is 0 Å². The zero-order valence-corrected chi connectivity index (χ0v) is 11.6. The predicted molar refractivity (Wildman–Crippen MR) is 77.8 cm³/mol. The Balaban J connectivity index is 2.43. The van der Waals surface area contributed by atoms with Crippen LogP contribution in [0, 0.1) is 13.8 Å². The smallest absolute Gasteiger partial charge is 0.118 e. The van der Waals surface area contributed by atoms with Crippen LogP contribution in [-0.4, -0.2) is 10.2 Å². The quantitative estimate of drug-likeness (QED) is 0.861. The molecule has 0 amide bonds. The topological polar surface area (TPSA) is 40.5 Å². The summed E-state index contributed by atoms with van der Waals surface area (Å²) in [6, 6.07) is 11.6. The average molecular weight is 256 g/mol. The summed E-state index contributed by atoms with van der Waals surface area (Å²) < 4.78 is 0. The first-order valence-electron chi connectivity index (χ1n) is 6.62. The summed E-state index contributed by atoms with van der Waals surface area (Å²) >= 11 is 0. The Morgan fingerprint density at radius 3 is 1.58 bits per heavy atom. The van der Waals surface area contributed by atoms with Gasteiger partial charge in [0.25, 0.3) is 0 Å². The predicted octanol–water partition coefficient (Wildman–Crippen LogP) is 4.26. The molecule has 2 aromatic rings. The van der Waals surface area contributed by atoms with Crippen molar-refractivity contribution >= 4 is 0 Å². The summed E-state index contributed by atoms with van der Waals surface area (Å²) in [5.41, 5.74) is 3.92. The summed E-state index contributed by atoms with van der Waals surface area (Å²) in [5, 5.41) is 19.7. The van der Waals surface area contributed by atoms with Crippen LogP contribution in [0.1, 0.15) is 41.5 Å². The second-order valence-electron chi connectivity index (χ2n) is 5.05. The van der Waals surface area contributed by atoms with Gasteiger partial charge >= 0.3 is 0 Å². The van der Waals surface area contributed by atoms with Crippen molar-refractivity contribution in [3.05, 3.63) is 58.7 Å². The average Bonchev–Trinajstić information content (AvgIpc) is 2.39. The Labute approximate surface area is 114 Å². The van der Waals surface area contributed by atoms with E-state index >= 15 is 0 Å². The van der Waals surface area contributed by atoms with E-state index in [1.54, 1.807) is 0 Å². The highest BCUT2D eigenvalue weighted by Crippen LogP contribution is 2.33. The molecule has 19 heavy (non-hydrogen) atoms. The van der Waals surface area contributed by atoms with Crippen LogP contribution in [0.5, 0.6) is 11.5 Å². The van der Waals surface area contributed by atoms with Crippen LogP contribution in [0.25, 0.3) is 0 Å². The Kier molecular flexibility index (Phi) is 3.79. The molecule has 0 fully saturated rings. The standard InChI is InChI=1S/C17H20O2/c1-4-15(13-7-5-11(2)16(18)9-13)14-8-6-12(3)17(19)10-14/h5-10,15,18-19H,4H2,1-3H3. The molecule has 0 aliphatic heterocycles. The van der Waals surface area contributed by atoms with E-state index in [4.69, 9.17) is 0 Å². The van der Waals surface area contributed by atoms with Gasteiger partial charge in [0.1, 0.15) is 11.5 Å². The van der Waals surface area contributed by atoms with Crippen molar-refractivity contribution in [2.75, 3.05) is 0 Å². The van der Waals surface area contributed by atoms with E-state index in [-0.39, 0.29) is 5.92 Å². The van der Waals surface area contributed by atoms with Gasteiger partial charge in [-0.2, -0.15) is 0 Å². The van der Waals surface area contributed by atoms with Gasteiger partial charge in [-0.25, -0.2) is 0 Å². The van der Waals surface area contributed by atoms with Crippen LogP contribution in [0.15, 0.2) is 36.4 Å². The molecule has 0 unspecified atom stereocenters. The van der Waals surface area contributed by atoms with Crippen molar-refractivity contribution < 1.29 is 10.2 Å². The summed E-state index contributed by atoms with van der Waals surface area (Å²) in [6.07, 6.45) is 0.922. The molecule has 0 saturated carbocycles. The fourth-order valence-electron chi connectivity index (χ4n) is 2.35. The zero-order valence-electron chi connectivity index (χ0n) is 11.6. The second-order valence-corrected chi connectivity index (χ2v) is 5.05. The third-order valence-corrected chi connectivity index (χ3v) is 3.68. The van der Waals surface area contributed by atoms with Gasteiger partial charge in [0.2, 0.25) is 0 Å². The molecule has 2 aromatic carbocycles. The monoisotopic (exact) mass is 256 g/mol. The van der Waals surface area contributed by atoms with Gasteiger partial charge in [-0.1, -0.05) is 31.2 Å². The van der Waals surface area contributed by atoms with Gasteiger partial charge in [-0.05, 0) is 54.7 Å². The zero-order chi connectivity index (χ0) is 14.0. The number of hydrogen-bond donors (Lipinski definition) is 2. The largest absolute Gasteiger partial charge is 0.508 e. The summed E-state index contributed by atoms with van der Waals surface area (Å²) in [4.78, 5) is 0. The maximum absolute atomic E-state index is 9.84. The molecule has 0 aliphatic rings. The third kappa shape index (κ3) is 2.73. The van der Waals surface area contributed by atoms with E-state index in [1.807, 2.05) is 50.2 Å². The van der Waals surface area contributed by atoms with Gasteiger partial charge in [0, 0.05) is 5.92 Å². The van der Waals surface area contributed by atoms with E-state index in [2.05, 4.69) is 6.92 Å². The molecule has 2 heteroatoms. The van der Waals surface area contributed by atoms with Gasteiger partial charge < -0.3 is 10.2 Å². The second kappa shape index (κ2) is 5.35. The number of rotatable bonds is 3. The minimum atomic E-state index is 0.193. The number of benzene rings is 2. The number of aryl methyl sites for hydroxylation is 2. The highest BCUT2D eigenvalue weighted by molar-refractivity contribution is 5.44. The molecular weight excluding hydrogens is 236 g/mol. The Hall–Kier alpha value is -1.96. The Bertz CT molecular complexity index is 536. The van der Waals surface area contributed by atoms with Crippen molar-refractivity contribution in [2.45, 2.75) is 33.1 Å². The SMILES string of the molecule is CCC(c1ccc(C)c(O)c1)c1ccc(C)c(O)c1. The van der Waals surface area contributed by atoms with Crippen LogP contribution in [0.3, 0.4) is 0 Å². The summed E-state index contributed by atoms with van der Waals surface area (Å²) in [7, 11) is 0. The summed E-state index contributed by atoms with van der Waals surface area (Å²) in [6.45, 7) is 5.88. The van der Waals surface area contributed by atoms with Gasteiger partial charge in [0.05, 0.1) is 0 Å². The molecule has 0 radical (unpaired) electrons.